The van der Waals surface area contributed by atoms with Crippen molar-refractivity contribution < 1.29 is 5.11 Å². The first-order valence-electron chi connectivity index (χ1n) is 6.56. The maximum atomic E-state index is 9.03. The molecule has 20 heavy (non-hydrogen) atoms. The summed E-state index contributed by atoms with van der Waals surface area (Å²) in [5, 5.41) is 12.5. The molecule has 2 rings (SSSR count). The molecule has 0 saturated carbocycles. The van der Waals surface area contributed by atoms with E-state index in [1.807, 2.05) is 36.4 Å². The van der Waals surface area contributed by atoms with Gasteiger partial charge in [0.25, 0.3) is 0 Å². The van der Waals surface area contributed by atoms with Gasteiger partial charge in [-0.25, -0.2) is 0 Å². The molecule has 0 amide bonds. The third-order valence-corrected chi connectivity index (χ3v) is 3.11. The molecule has 2 aromatic carbocycles. The van der Waals surface area contributed by atoms with Gasteiger partial charge in [-0.2, -0.15) is 0 Å². The Balaban J connectivity index is 0.00000200. The standard InChI is InChI=1S/C16H20N2O.ClH/c17-15-7-5-13(6-8-15)9-11-18-16-4-2-1-3-14(16)10-12-19;/h1-8,18-19H,9-12,17H2;1H. The molecule has 2 aromatic rings. The first-order valence-corrected chi connectivity index (χ1v) is 6.56. The Hall–Kier alpha value is -1.71. The fourth-order valence-corrected chi connectivity index (χ4v) is 2.06. The SMILES string of the molecule is Cl.Nc1ccc(CCNc2ccccc2CCO)cc1. The molecule has 0 aliphatic heterocycles. The fourth-order valence-electron chi connectivity index (χ4n) is 2.06. The van der Waals surface area contributed by atoms with Crippen LogP contribution < -0.4 is 11.1 Å². The summed E-state index contributed by atoms with van der Waals surface area (Å²) in [6.45, 7) is 1.04. The molecule has 4 heteroatoms. The van der Waals surface area contributed by atoms with E-state index in [-0.39, 0.29) is 19.0 Å². The summed E-state index contributed by atoms with van der Waals surface area (Å²) in [5.41, 5.74) is 9.98. The smallest absolute Gasteiger partial charge is 0.0472 e. The van der Waals surface area contributed by atoms with Gasteiger partial charge in [0.15, 0.2) is 0 Å². The van der Waals surface area contributed by atoms with E-state index in [2.05, 4.69) is 17.4 Å². The van der Waals surface area contributed by atoms with E-state index in [1.165, 1.54) is 5.56 Å². The summed E-state index contributed by atoms with van der Waals surface area (Å²) < 4.78 is 0. The van der Waals surface area contributed by atoms with Crippen LogP contribution >= 0.6 is 12.4 Å². The normalized spacial score (nSPS) is 9.85. The molecule has 0 radical (unpaired) electrons. The summed E-state index contributed by atoms with van der Waals surface area (Å²) in [5.74, 6) is 0. The lowest BCUT2D eigenvalue weighted by Gasteiger charge is -2.11. The zero-order valence-electron chi connectivity index (χ0n) is 11.4. The summed E-state index contributed by atoms with van der Waals surface area (Å²) in [4.78, 5) is 0. The van der Waals surface area contributed by atoms with Crippen LogP contribution in [0.15, 0.2) is 48.5 Å². The highest BCUT2D eigenvalue weighted by molar-refractivity contribution is 5.85. The molecular formula is C16H21ClN2O. The predicted molar refractivity (Wildman–Crippen MR) is 87.5 cm³/mol. The van der Waals surface area contributed by atoms with Crippen LogP contribution in [0.3, 0.4) is 0 Å². The molecule has 0 atom stereocenters. The van der Waals surface area contributed by atoms with Gasteiger partial charge in [0.1, 0.15) is 0 Å². The van der Waals surface area contributed by atoms with E-state index in [9.17, 15) is 0 Å². The fraction of sp³-hybridized carbons (Fsp3) is 0.250. The number of aliphatic hydroxyl groups excluding tert-OH is 1. The zero-order chi connectivity index (χ0) is 13.5. The van der Waals surface area contributed by atoms with Crippen molar-refractivity contribution in [2.24, 2.45) is 0 Å². The first-order chi connectivity index (χ1) is 9.29. The Morgan fingerprint density at radius 3 is 2.35 bits per heavy atom. The Morgan fingerprint density at radius 2 is 1.65 bits per heavy atom. The Labute approximate surface area is 126 Å². The van der Waals surface area contributed by atoms with Crippen LogP contribution in [0.1, 0.15) is 11.1 Å². The molecule has 0 heterocycles. The van der Waals surface area contributed by atoms with Gasteiger partial charge in [0.05, 0.1) is 0 Å². The van der Waals surface area contributed by atoms with Gasteiger partial charge in [-0.1, -0.05) is 30.3 Å². The van der Waals surface area contributed by atoms with Gasteiger partial charge in [0, 0.05) is 24.5 Å². The Kier molecular flexibility index (Phi) is 6.91. The molecule has 4 N–H and O–H groups in total. The lowest BCUT2D eigenvalue weighted by molar-refractivity contribution is 0.300. The van der Waals surface area contributed by atoms with Crippen LogP contribution in [0.5, 0.6) is 0 Å². The third-order valence-electron chi connectivity index (χ3n) is 3.11. The van der Waals surface area contributed by atoms with E-state index in [1.54, 1.807) is 0 Å². The van der Waals surface area contributed by atoms with E-state index in [0.717, 1.165) is 29.9 Å². The van der Waals surface area contributed by atoms with Crippen LogP contribution in [-0.2, 0) is 12.8 Å². The second kappa shape index (κ2) is 8.46. The molecule has 0 aliphatic carbocycles. The average molecular weight is 293 g/mol. The number of para-hydroxylation sites is 1. The van der Waals surface area contributed by atoms with E-state index in [4.69, 9.17) is 10.8 Å². The minimum atomic E-state index is 0. The molecule has 0 fully saturated rings. The molecule has 0 spiro atoms. The molecule has 0 unspecified atom stereocenters. The maximum absolute atomic E-state index is 9.03. The molecule has 0 aliphatic rings. The number of anilines is 2. The zero-order valence-corrected chi connectivity index (χ0v) is 12.2. The van der Waals surface area contributed by atoms with Crippen molar-refractivity contribution in [3.8, 4) is 0 Å². The summed E-state index contributed by atoms with van der Waals surface area (Å²) in [6, 6.07) is 16.1. The number of aliphatic hydroxyl groups is 1. The average Bonchev–Trinajstić information content (AvgIpc) is 2.43. The minimum Gasteiger partial charge on any atom is -0.399 e. The third kappa shape index (κ3) is 4.76. The highest BCUT2D eigenvalue weighted by atomic mass is 35.5. The highest BCUT2D eigenvalue weighted by Crippen LogP contribution is 2.15. The number of halogens is 1. The van der Waals surface area contributed by atoms with Crippen molar-refractivity contribution in [2.75, 3.05) is 24.2 Å². The minimum absolute atomic E-state index is 0. The van der Waals surface area contributed by atoms with Gasteiger partial charge in [-0.15, -0.1) is 12.4 Å². The van der Waals surface area contributed by atoms with Gasteiger partial charge >= 0.3 is 0 Å². The van der Waals surface area contributed by atoms with E-state index in [0.29, 0.717) is 6.42 Å². The van der Waals surface area contributed by atoms with Gasteiger partial charge in [0.2, 0.25) is 0 Å². The highest BCUT2D eigenvalue weighted by Gasteiger charge is 2.00. The Morgan fingerprint density at radius 1 is 0.950 bits per heavy atom. The monoisotopic (exact) mass is 292 g/mol. The maximum Gasteiger partial charge on any atom is 0.0472 e. The number of nitrogen functional groups attached to an aromatic ring is 1. The largest absolute Gasteiger partial charge is 0.399 e. The Bertz CT molecular complexity index is 514. The lowest BCUT2D eigenvalue weighted by Crippen LogP contribution is -2.07. The second-order valence-corrected chi connectivity index (χ2v) is 4.55. The molecule has 0 aromatic heterocycles. The van der Waals surface area contributed by atoms with E-state index >= 15 is 0 Å². The van der Waals surface area contributed by atoms with Crippen molar-refractivity contribution in [2.45, 2.75) is 12.8 Å². The summed E-state index contributed by atoms with van der Waals surface area (Å²) in [7, 11) is 0. The number of rotatable bonds is 6. The van der Waals surface area contributed by atoms with Crippen molar-refractivity contribution >= 4 is 23.8 Å². The summed E-state index contributed by atoms with van der Waals surface area (Å²) >= 11 is 0. The van der Waals surface area contributed by atoms with Crippen molar-refractivity contribution in [1.29, 1.82) is 0 Å². The van der Waals surface area contributed by atoms with Crippen molar-refractivity contribution in [3.63, 3.8) is 0 Å². The van der Waals surface area contributed by atoms with Gasteiger partial charge in [-0.05, 0) is 42.2 Å². The number of hydrogen-bond donors (Lipinski definition) is 3. The quantitative estimate of drug-likeness (QED) is 0.718. The predicted octanol–water partition coefficient (Wildman–Crippen LogP) is 2.88. The van der Waals surface area contributed by atoms with Crippen LogP contribution in [0.4, 0.5) is 11.4 Å². The number of nitrogens with two attached hydrogens (primary N) is 1. The topological polar surface area (TPSA) is 58.3 Å². The molecule has 0 saturated heterocycles. The number of benzene rings is 2. The van der Waals surface area contributed by atoms with Crippen LogP contribution in [0.2, 0.25) is 0 Å². The first kappa shape index (κ1) is 16.3. The number of hydrogen-bond acceptors (Lipinski definition) is 3. The van der Waals surface area contributed by atoms with Crippen LogP contribution in [0.25, 0.3) is 0 Å². The number of nitrogens with one attached hydrogen (secondary N) is 1. The molecule has 0 bridgehead atoms. The van der Waals surface area contributed by atoms with Crippen LogP contribution in [-0.4, -0.2) is 18.3 Å². The second-order valence-electron chi connectivity index (χ2n) is 4.55. The summed E-state index contributed by atoms with van der Waals surface area (Å²) in [6.07, 6.45) is 1.64. The van der Waals surface area contributed by atoms with Gasteiger partial charge in [-0.3, -0.25) is 0 Å². The van der Waals surface area contributed by atoms with Crippen molar-refractivity contribution in [3.05, 3.63) is 59.7 Å². The molecule has 108 valence electrons. The van der Waals surface area contributed by atoms with Crippen molar-refractivity contribution in [1.82, 2.24) is 0 Å². The lowest BCUT2D eigenvalue weighted by atomic mass is 10.1. The molecule has 3 nitrogen and oxygen atoms in total. The van der Waals surface area contributed by atoms with E-state index < -0.39 is 0 Å². The van der Waals surface area contributed by atoms with Crippen LogP contribution in [0, 0.1) is 0 Å². The van der Waals surface area contributed by atoms with Gasteiger partial charge < -0.3 is 16.2 Å². The molecular weight excluding hydrogens is 272 g/mol.